The molecule has 8 heteroatoms. The highest BCUT2D eigenvalue weighted by molar-refractivity contribution is 7.88. The molecule has 0 amide bonds. The van der Waals surface area contributed by atoms with Crippen LogP contribution in [0.1, 0.15) is 24.0 Å². The van der Waals surface area contributed by atoms with E-state index in [2.05, 4.69) is 4.72 Å². The van der Waals surface area contributed by atoms with E-state index in [1.165, 1.54) is 18.2 Å². The molecule has 1 unspecified atom stereocenters. The molecule has 0 radical (unpaired) electrons. The van der Waals surface area contributed by atoms with Crippen LogP contribution in [-0.4, -0.2) is 32.4 Å². The minimum atomic E-state index is -3.68. The second-order valence-electron chi connectivity index (χ2n) is 6.78. The van der Waals surface area contributed by atoms with Gasteiger partial charge in [-0.25, -0.2) is 21.9 Å². The molecule has 27 heavy (non-hydrogen) atoms. The summed E-state index contributed by atoms with van der Waals surface area (Å²) in [6.45, 7) is 1.70. The lowest BCUT2D eigenvalue weighted by Gasteiger charge is -2.33. The summed E-state index contributed by atoms with van der Waals surface area (Å²) >= 11 is 5.97. The van der Waals surface area contributed by atoms with Gasteiger partial charge in [0, 0.05) is 29.7 Å². The van der Waals surface area contributed by atoms with Crippen LogP contribution in [0.25, 0.3) is 0 Å². The van der Waals surface area contributed by atoms with Crippen molar-refractivity contribution in [1.82, 2.24) is 9.62 Å². The molecule has 1 fully saturated rings. The number of benzene rings is 2. The first kappa shape index (κ1) is 20.2. The second-order valence-corrected chi connectivity index (χ2v) is 8.94. The molecule has 1 atom stereocenters. The van der Waals surface area contributed by atoms with Gasteiger partial charge in [-0.1, -0.05) is 29.8 Å². The van der Waals surface area contributed by atoms with Crippen LogP contribution < -0.4 is 4.72 Å². The van der Waals surface area contributed by atoms with Crippen molar-refractivity contribution in [2.24, 2.45) is 0 Å². The third kappa shape index (κ3) is 5.72. The van der Waals surface area contributed by atoms with Crippen LogP contribution >= 0.6 is 11.6 Å². The van der Waals surface area contributed by atoms with Crippen LogP contribution in [0.15, 0.2) is 42.5 Å². The number of nitrogens with one attached hydrogen (secondary N) is 1. The Kier molecular flexibility index (Phi) is 6.47. The van der Waals surface area contributed by atoms with Gasteiger partial charge in [0.2, 0.25) is 10.0 Å². The molecule has 4 nitrogen and oxygen atoms in total. The van der Waals surface area contributed by atoms with E-state index in [4.69, 9.17) is 11.6 Å². The highest BCUT2D eigenvalue weighted by Gasteiger charge is 2.25. The van der Waals surface area contributed by atoms with Crippen LogP contribution in [0.4, 0.5) is 8.78 Å². The summed E-state index contributed by atoms with van der Waals surface area (Å²) in [6, 6.07) is 9.97. The summed E-state index contributed by atoms with van der Waals surface area (Å²) in [5.74, 6) is -1.17. The molecular formula is C19H21ClF2N2O2S. The first-order valence-electron chi connectivity index (χ1n) is 8.72. The molecule has 3 rings (SSSR count). The Hall–Kier alpha value is -1.54. The van der Waals surface area contributed by atoms with Gasteiger partial charge < -0.3 is 0 Å². The van der Waals surface area contributed by atoms with Gasteiger partial charge in [-0.3, -0.25) is 4.90 Å². The Morgan fingerprint density at radius 2 is 1.93 bits per heavy atom. The molecule has 2 aromatic rings. The van der Waals surface area contributed by atoms with E-state index in [0.717, 1.165) is 19.0 Å². The lowest BCUT2D eigenvalue weighted by Crippen LogP contribution is -2.47. The number of sulfonamides is 1. The van der Waals surface area contributed by atoms with E-state index in [0.29, 0.717) is 25.1 Å². The zero-order chi connectivity index (χ0) is 19.4. The van der Waals surface area contributed by atoms with Gasteiger partial charge >= 0.3 is 0 Å². The molecule has 0 aromatic heterocycles. The second kappa shape index (κ2) is 8.65. The summed E-state index contributed by atoms with van der Waals surface area (Å²) in [4.78, 5) is 2.03. The molecule has 1 saturated heterocycles. The Morgan fingerprint density at radius 3 is 2.70 bits per heavy atom. The van der Waals surface area contributed by atoms with Crippen LogP contribution in [0, 0.1) is 11.6 Å². The first-order chi connectivity index (χ1) is 12.8. The van der Waals surface area contributed by atoms with Crippen molar-refractivity contribution >= 4 is 21.6 Å². The normalized spacial score (nSPS) is 18.6. The Balaban J connectivity index is 1.62. The molecule has 1 aliphatic heterocycles. The van der Waals surface area contributed by atoms with Crippen molar-refractivity contribution in [3.63, 3.8) is 0 Å². The summed E-state index contributed by atoms with van der Waals surface area (Å²) in [7, 11) is -3.68. The molecule has 1 heterocycles. The van der Waals surface area contributed by atoms with Crippen molar-refractivity contribution < 1.29 is 17.2 Å². The van der Waals surface area contributed by atoms with Gasteiger partial charge in [0.15, 0.2) is 0 Å². The SMILES string of the molecule is O=S(=O)(Cc1cc(F)ccc1Cl)NC1CCCN(Cc2ccccc2F)C1. The van der Waals surface area contributed by atoms with E-state index in [9.17, 15) is 17.2 Å². The molecule has 0 bridgehead atoms. The van der Waals surface area contributed by atoms with Crippen molar-refractivity contribution in [2.45, 2.75) is 31.2 Å². The first-order valence-corrected chi connectivity index (χ1v) is 10.7. The number of rotatable bonds is 6. The molecular weight excluding hydrogens is 394 g/mol. The van der Waals surface area contributed by atoms with Gasteiger partial charge in [0.1, 0.15) is 11.6 Å². The standard InChI is InChI=1S/C19H21ClF2N2O2S/c20-18-8-7-16(21)10-15(18)13-27(25,26)23-17-5-3-9-24(12-17)11-14-4-1-2-6-19(14)22/h1-2,4,6-8,10,17,23H,3,5,9,11-13H2. The monoisotopic (exact) mass is 414 g/mol. The zero-order valence-electron chi connectivity index (χ0n) is 14.7. The van der Waals surface area contributed by atoms with Gasteiger partial charge in [-0.15, -0.1) is 0 Å². The predicted molar refractivity (Wildman–Crippen MR) is 102 cm³/mol. The van der Waals surface area contributed by atoms with Crippen LogP contribution in [0.3, 0.4) is 0 Å². The number of hydrogen-bond donors (Lipinski definition) is 1. The molecule has 0 spiro atoms. The summed E-state index contributed by atoms with van der Waals surface area (Å²) in [6.07, 6.45) is 1.51. The zero-order valence-corrected chi connectivity index (χ0v) is 16.2. The Bertz CT molecular complexity index is 908. The van der Waals surface area contributed by atoms with Crippen molar-refractivity contribution in [3.05, 3.63) is 70.2 Å². The molecule has 146 valence electrons. The smallest absolute Gasteiger partial charge is 0.216 e. The Morgan fingerprint density at radius 1 is 1.15 bits per heavy atom. The third-order valence-corrected chi connectivity index (χ3v) is 6.31. The van der Waals surface area contributed by atoms with Crippen molar-refractivity contribution in [3.8, 4) is 0 Å². The number of likely N-dealkylation sites (tertiary alicyclic amines) is 1. The number of halogens is 3. The number of piperidine rings is 1. The quantitative estimate of drug-likeness (QED) is 0.784. The maximum Gasteiger partial charge on any atom is 0.216 e. The minimum absolute atomic E-state index is 0.214. The van der Waals surface area contributed by atoms with E-state index >= 15 is 0 Å². The van der Waals surface area contributed by atoms with Gasteiger partial charge in [-0.2, -0.15) is 0 Å². The molecule has 1 N–H and O–H groups in total. The number of nitrogens with zero attached hydrogens (tertiary/aromatic N) is 1. The number of hydrogen-bond acceptors (Lipinski definition) is 3. The fraction of sp³-hybridized carbons (Fsp3) is 0.368. The van der Waals surface area contributed by atoms with E-state index < -0.39 is 15.8 Å². The maximum absolute atomic E-state index is 13.8. The third-order valence-electron chi connectivity index (χ3n) is 4.56. The van der Waals surface area contributed by atoms with E-state index in [1.54, 1.807) is 18.2 Å². The van der Waals surface area contributed by atoms with E-state index in [-0.39, 0.29) is 28.2 Å². The lowest BCUT2D eigenvalue weighted by atomic mass is 10.1. The molecule has 2 aromatic carbocycles. The molecule has 0 saturated carbocycles. The topological polar surface area (TPSA) is 49.4 Å². The van der Waals surface area contributed by atoms with Crippen LogP contribution in [-0.2, 0) is 22.3 Å². The van der Waals surface area contributed by atoms with Crippen LogP contribution in [0.2, 0.25) is 5.02 Å². The van der Waals surface area contributed by atoms with Gasteiger partial charge in [0.05, 0.1) is 5.75 Å². The summed E-state index contributed by atoms with van der Waals surface area (Å²) in [5, 5.41) is 0.214. The fourth-order valence-electron chi connectivity index (χ4n) is 3.32. The molecule has 1 aliphatic rings. The predicted octanol–water partition coefficient (Wildman–Crippen LogP) is 3.70. The average molecular weight is 415 g/mol. The molecule has 0 aliphatic carbocycles. The largest absolute Gasteiger partial charge is 0.297 e. The highest BCUT2D eigenvalue weighted by Crippen LogP contribution is 2.21. The summed E-state index contributed by atoms with van der Waals surface area (Å²) in [5.41, 5.74) is 0.815. The van der Waals surface area contributed by atoms with Crippen molar-refractivity contribution in [2.75, 3.05) is 13.1 Å². The average Bonchev–Trinajstić information content (AvgIpc) is 2.60. The van der Waals surface area contributed by atoms with Gasteiger partial charge in [0.25, 0.3) is 0 Å². The van der Waals surface area contributed by atoms with E-state index in [1.807, 2.05) is 4.90 Å². The fourth-order valence-corrected chi connectivity index (χ4v) is 5.01. The maximum atomic E-state index is 13.8. The van der Waals surface area contributed by atoms with Crippen LogP contribution in [0.5, 0.6) is 0 Å². The van der Waals surface area contributed by atoms with Gasteiger partial charge in [-0.05, 0) is 49.2 Å². The summed E-state index contributed by atoms with van der Waals surface area (Å²) < 4.78 is 54.8. The Labute approximate surface area is 163 Å². The van der Waals surface area contributed by atoms with Crippen molar-refractivity contribution in [1.29, 1.82) is 0 Å². The lowest BCUT2D eigenvalue weighted by molar-refractivity contribution is 0.192. The minimum Gasteiger partial charge on any atom is -0.297 e. The highest BCUT2D eigenvalue weighted by atomic mass is 35.5.